The minimum atomic E-state index is 0.950. The number of nitrogens with one attached hydrogen (secondary N) is 1. The summed E-state index contributed by atoms with van der Waals surface area (Å²) in [6.45, 7) is 9.05. The summed E-state index contributed by atoms with van der Waals surface area (Å²) in [6, 6.07) is 17.9. The van der Waals surface area contributed by atoms with Crippen LogP contribution in [0, 0.1) is 13.8 Å². The molecule has 0 amide bonds. The van der Waals surface area contributed by atoms with Crippen LogP contribution in [0.5, 0.6) is 0 Å². The van der Waals surface area contributed by atoms with Gasteiger partial charge in [-0.05, 0) is 87.1 Å². The summed E-state index contributed by atoms with van der Waals surface area (Å²) in [5.41, 5.74) is 13.4. The molecule has 7 aromatic rings. The molecule has 7 rings (SSSR count). The van der Waals surface area contributed by atoms with E-state index >= 15 is 0 Å². The van der Waals surface area contributed by atoms with E-state index in [0.717, 1.165) is 57.4 Å². The molecule has 0 fully saturated rings. The van der Waals surface area contributed by atoms with Crippen molar-refractivity contribution < 1.29 is 0 Å². The number of nitrogens with zero attached hydrogens (tertiary/aromatic N) is 4. The molecular formula is C38H41N5S4. The predicted molar refractivity (Wildman–Crippen MR) is 205 cm³/mol. The van der Waals surface area contributed by atoms with Gasteiger partial charge in [0.25, 0.3) is 0 Å². The zero-order chi connectivity index (χ0) is 32.3. The van der Waals surface area contributed by atoms with Crippen LogP contribution in [0.4, 0.5) is 0 Å². The molecule has 0 atom stereocenters. The van der Waals surface area contributed by atoms with Gasteiger partial charge in [0.05, 0.1) is 23.5 Å². The Kier molecular flexibility index (Phi) is 9.96. The van der Waals surface area contributed by atoms with E-state index in [1.807, 2.05) is 22.7 Å². The molecule has 242 valence electrons. The van der Waals surface area contributed by atoms with Gasteiger partial charge in [-0.25, -0.2) is 0 Å². The number of hydrogen-bond donors (Lipinski definition) is 1. The van der Waals surface area contributed by atoms with Crippen molar-refractivity contribution in [3.8, 4) is 43.4 Å². The largest absolute Gasteiger partial charge is 0.354 e. The fraction of sp³-hybridized carbons (Fsp3) is 0.368. The van der Waals surface area contributed by atoms with Crippen molar-refractivity contribution in [3.05, 3.63) is 69.4 Å². The lowest BCUT2D eigenvalue weighted by molar-refractivity contribution is 0.666. The number of H-pyrrole nitrogens is 1. The van der Waals surface area contributed by atoms with E-state index < -0.39 is 0 Å². The summed E-state index contributed by atoms with van der Waals surface area (Å²) < 4.78 is 19.1. The molecule has 0 aliphatic carbocycles. The number of thiophene rings is 2. The standard InChI is InChI=1S/C38H41N5S4/c1-5-7-9-11-13-25-21-33(44-23(25)3)29-17-15-27(35-37(29)42-46-40-35)31-19-20-32(39-31)28-16-18-30(38-36(28)41-47-43-38)34-22-26(24(4)45-34)14-12-10-8-6-2/h15-22,39H,5-14H2,1-4H3. The summed E-state index contributed by atoms with van der Waals surface area (Å²) in [6.07, 6.45) is 12.6. The van der Waals surface area contributed by atoms with Crippen LogP contribution in [-0.2, 0) is 12.8 Å². The summed E-state index contributed by atoms with van der Waals surface area (Å²) in [7, 11) is 0. The Morgan fingerprint density at radius 2 is 0.915 bits per heavy atom. The second-order valence-corrected chi connectivity index (χ2v) is 16.1. The van der Waals surface area contributed by atoms with Crippen LogP contribution >= 0.6 is 46.1 Å². The molecular weight excluding hydrogens is 655 g/mol. The lowest BCUT2D eigenvalue weighted by Gasteiger charge is -2.06. The molecule has 0 unspecified atom stereocenters. The highest BCUT2D eigenvalue weighted by Gasteiger charge is 2.20. The van der Waals surface area contributed by atoms with E-state index in [2.05, 4.69) is 81.2 Å². The normalized spacial score (nSPS) is 11.8. The van der Waals surface area contributed by atoms with Gasteiger partial charge in [-0.1, -0.05) is 64.5 Å². The molecule has 2 aromatic carbocycles. The fourth-order valence-corrected chi connectivity index (χ4v) is 9.90. The molecule has 0 aliphatic heterocycles. The number of aryl methyl sites for hydroxylation is 4. The van der Waals surface area contributed by atoms with E-state index in [0.29, 0.717) is 0 Å². The molecule has 5 heterocycles. The van der Waals surface area contributed by atoms with E-state index in [1.54, 1.807) is 0 Å². The van der Waals surface area contributed by atoms with Gasteiger partial charge in [-0.2, -0.15) is 17.5 Å². The monoisotopic (exact) mass is 695 g/mol. The van der Waals surface area contributed by atoms with Crippen LogP contribution in [0.15, 0.2) is 48.5 Å². The Labute approximate surface area is 293 Å². The van der Waals surface area contributed by atoms with Gasteiger partial charge < -0.3 is 4.98 Å². The number of rotatable bonds is 14. The van der Waals surface area contributed by atoms with Crippen LogP contribution < -0.4 is 0 Å². The molecule has 0 radical (unpaired) electrons. The average molecular weight is 696 g/mol. The van der Waals surface area contributed by atoms with Gasteiger partial charge >= 0.3 is 0 Å². The van der Waals surface area contributed by atoms with E-state index in [9.17, 15) is 0 Å². The number of fused-ring (bicyclic) bond motifs is 2. The lowest BCUT2D eigenvalue weighted by atomic mass is 10.0. The van der Waals surface area contributed by atoms with Crippen molar-refractivity contribution in [1.29, 1.82) is 0 Å². The second-order valence-electron chi connectivity index (χ2n) is 12.5. The van der Waals surface area contributed by atoms with Crippen LogP contribution in [-0.4, -0.2) is 22.5 Å². The van der Waals surface area contributed by atoms with Gasteiger partial charge in [-0.3, -0.25) is 0 Å². The van der Waals surface area contributed by atoms with E-state index in [-0.39, 0.29) is 0 Å². The Morgan fingerprint density at radius 3 is 1.34 bits per heavy atom. The van der Waals surface area contributed by atoms with E-state index in [1.165, 1.54) is 117 Å². The minimum Gasteiger partial charge on any atom is -0.354 e. The van der Waals surface area contributed by atoms with Gasteiger partial charge in [0, 0.05) is 53.2 Å². The Hall–Kier alpha value is -3.24. The minimum absolute atomic E-state index is 0.950. The maximum Gasteiger partial charge on any atom is 0.114 e. The van der Waals surface area contributed by atoms with Crippen molar-refractivity contribution >= 4 is 68.2 Å². The summed E-state index contributed by atoms with van der Waals surface area (Å²) >= 11 is 6.34. The molecule has 5 nitrogen and oxygen atoms in total. The SMILES string of the molecule is CCCCCCc1cc(-c2ccc(-c3ccc(-c4ccc(-c5cc(CCCCCC)c(C)s5)c5nsnc45)[nH]3)c3nsnc23)sc1C. The topological polar surface area (TPSA) is 67.3 Å². The third kappa shape index (κ3) is 6.60. The molecule has 5 aromatic heterocycles. The van der Waals surface area contributed by atoms with Crippen molar-refractivity contribution in [2.24, 2.45) is 0 Å². The molecule has 1 N–H and O–H groups in total. The van der Waals surface area contributed by atoms with Crippen molar-refractivity contribution in [2.75, 3.05) is 0 Å². The lowest BCUT2D eigenvalue weighted by Crippen LogP contribution is -1.87. The van der Waals surface area contributed by atoms with Gasteiger partial charge in [0.2, 0.25) is 0 Å². The Balaban J connectivity index is 1.16. The molecule has 9 heteroatoms. The van der Waals surface area contributed by atoms with Crippen LogP contribution in [0.2, 0.25) is 0 Å². The first-order valence-corrected chi connectivity index (χ1v) is 20.0. The van der Waals surface area contributed by atoms with Gasteiger partial charge in [0.15, 0.2) is 0 Å². The highest BCUT2D eigenvalue weighted by Crippen LogP contribution is 2.41. The van der Waals surface area contributed by atoms with Crippen LogP contribution in [0.3, 0.4) is 0 Å². The number of hydrogen-bond acceptors (Lipinski definition) is 8. The maximum absolute atomic E-state index is 4.78. The summed E-state index contributed by atoms with van der Waals surface area (Å²) in [5.74, 6) is 0. The molecule has 0 saturated carbocycles. The number of unbranched alkanes of at least 4 members (excludes halogenated alkanes) is 6. The Morgan fingerprint density at radius 1 is 0.511 bits per heavy atom. The van der Waals surface area contributed by atoms with Crippen LogP contribution in [0.1, 0.15) is 86.1 Å². The van der Waals surface area contributed by atoms with Crippen molar-refractivity contribution in [1.82, 2.24) is 22.5 Å². The first kappa shape index (κ1) is 32.3. The third-order valence-electron chi connectivity index (χ3n) is 9.27. The van der Waals surface area contributed by atoms with Crippen molar-refractivity contribution in [2.45, 2.75) is 91.9 Å². The maximum atomic E-state index is 4.78. The molecule has 47 heavy (non-hydrogen) atoms. The zero-order valence-corrected chi connectivity index (χ0v) is 30.9. The smallest absolute Gasteiger partial charge is 0.114 e. The fourth-order valence-electron chi connectivity index (χ4n) is 6.56. The first-order valence-electron chi connectivity index (χ1n) is 16.9. The van der Waals surface area contributed by atoms with Crippen LogP contribution in [0.25, 0.3) is 65.5 Å². The molecule has 0 bridgehead atoms. The quantitative estimate of drug-likeness (QED) is 0.115. The van der Waals surface area contributed by atoms with Gasteiger partial charge in [0.1, 0.15) is 22.1 Å². The number of benzene rings is 2. The third-order valence-corrected chi connectivity index (χ3v) is 12.6. The highest BCUT2D eigenvalue weighted by atomic mass is 32.1. The number of aromatic nitrogens is 5. The summed E-state index contributed by atoms with van der Waals surface area (Å²) in [5, 5.41) is 0. The molecule has 0 aliphatic rings. The van der Waals surface area contributed by atoms with Gasteiger partial charge in [-0.15, -0.1) is 22.7 Å². The molecule has 0 spiro atoms. The highest BCUT2D eigenvalue weighted by molar-refractivity contribution is 7.16. The average Bonchev–Trinajstić information content (AvgIpc) is 3.92. The second kappa shape index (κ2) is 14.5. The zero-order valence-electron chi connectivity index (χ0n) is 27.6. The first-order chi connectivity index (χ1) is 23.1. The molecule has 0 saturated heterocycles. The van der Waals surface area contributed by atoms with E-state index in [4.69, 9.17) is 17.5 Å². The number of aromatic amines is 1. The predicted octanol–water partition coefficient (Wildman–Crippen LogP) is 12.7. The summed E-state index contributed by atoms with van der Waals surface area (Å²) in [4.78, 5) is 9.10. The van der Waals surface area contributed by atoms with Crippen molar-refractivity contribution in [3.63, 3.8) is 0 Å². The Bertz CT molecular complexity index is 1980.